The molecule has 0 bridgehead atoms. The van der Waals surface area contributed by atoms with Crippen molar-refractivity contribution in [3.8, 4) is 17.2 Å². The maximum Gasteiger partial charge on any atom is 0.267 e. The van der Waals surface area contributed by atoms with E-state index in [1.807, 2.05) is 50.2 Å². The lowest BCUT2D eigenvalue weighted by Crippen LogP contribution is -2.25. The van der Waals surface area contributed by atoms with Crippen LogP contribution < -0.4 is 20.1 Å². The van der Waals surface area contributed by atoms with Crippen LogP contribution in [0.15, 0.2) is 54.7 Å². The van der Waals surface area contributed by atoms with Gasteiger partial charge in [-0.2, -0.15) is 0 Å². The molecule has 4 rings (SSSR count). The van der Waals surface area contributed by atoms with Gasteiger partial charge < -0.3 is 20.1 Å². The summed E-state index contributed by atoms with van der Waals surface area (Å²) in [7, 11) is 1.60. The van der Waals surface area contributed by atoms with Gasteiger partial charge in [0.25, 0.3) is 5.91 Å². The number of ether oxygens (including phenoxy) is 2. The molecule has 1 fully saturated rings. The molecule has 1 aliphatic rings. The first kappa shape index (κ1) is 21.4. The second-order valence-corrected chi connectivity index (χ2v) is 7.90. The Bertz CT molecular complexity index is 1170. The third-order valence-electron chi connectivity index (χ3n) is 5.71. The summed E-state index contributed by atoms with van der Waals surface area (Å²) in [5, 5.41) is 0. The van der Waals surface area contributed by atoms with Crippen molar-refractivity contribution in [1.82, 2.24) is 4.98 Å². The van der Waals surface area contributed by atoms with Gasteiger partial charge in [0.2, 0.25) is 5.91 Å². The van der Waals surface area contributed by atoms with E-state index in [1.54, 1.807) is 24.1 Å². The molecule has 7 heteroatoms. The summed E-state index contributed by atoms with van der Waals surface area (Å²) >= 11 is 0. The monoisotopic (exact) mass is 431 g/mol. The Labute approximate surface area is 186 Å². The van der Waals surface area contributed by atoms with E-state index in [-0.39, 0.29) is 17.5 Å². The van der Waals surface area contributed by atoms with Crippen LogP contribution in [0.1, 0.15) is 39.5 Å². The Kier molecular flexibility index (Phi) is 5.81. The van der Waals surface area contributed by atoms with E-state index in [4.69, 9.17) is 15.2 Å². The van der Waals surface area contributed by atoms with Gasteiger partial charge in [0, 0.05) is 30.8 Å². The molecule has 2 amide bonds. The Morgan fingerprint density at radius 2 is 1.84 bits per heavy atom. The average molecular weight is 431 g/mol. The van der Waals surface area contributed by atoms with Crippen LogP contribution in [0, 0.1) is 13.8 Å². The normalized spacial score (nSPS) is 15.7. The number of hydrogen-bond acceptors (Lipinski definition) is 5. The number of nitrogens with zero attached hydrogens (tertiary/aromatic N) is 2. The van der Waals surface area contributed by atoms with Crippen molar-refractivity contribution in [2.75, 3.05) is 18.6 Å². The molecule has 1 aromatic heterocycles. The lowest BCUT2D eigenvalue weighted by molar-refractivity contribution is -0.117. The summed E-state index contributed by atoms with van der Waals surface area (Å²) in [6, 6.07) is 15.0. The molecule has 0 radical (unpaired) electrons. The molecule has 1 atom stereocenters. The highest BCUT2D eigenvalue weighted by atomic mass is 16.5. The molecule has 2 aromatic carbocycles. The van der Waals surface area contributed by atoms with E-state index >= 15 is 0 Å². The van der Waals surface area contributed by atoms with Crippen LogP contribution in [0.25, 0.3) is 0 Å². The highest BCUT2D eigenvalue weighted by Gasteiger charge is 2.32. The van der Waals surface area contributed by atoms with Crippen LogP contribution in [0.3, 0.4) is 0 Å². The molecule has 1 saturated heterocycles. The molecular weight excluding hydrogens is 406 g/mol. The van der Waals surface area contributed by atoms with Gasteiger partial charge in [-0.3, -0.25) is 14.6 Å². The minimum atomic E-state index is -0.626. The number of benzene rings is 2. The zero-order valence-corrected chi connectivity index (χ0v) is 18.3. The molecule has 164 valence electrons. The van der Waals surface area contributed by atoms with Crippen LogP contribution in [-0.2, 0) is 4.79 Å². The van der Waals surface area contributed by atoms with Crippen molar-refractivity contribution in [1.29, 1.82) is 0 Å². The Morgan fingerprint density at radius 3 is 2.53 bits per heavy atom. The number of aryl methyl sites for hydroxylation is 2. The van der Waals surface area contributed by atoms with Crippen LogP contribution in [0.5, 0.6) is 17.2 Å². The van der Waals surface area contributed by atoms with Crippen molar-refractivity contribution in [2.24, 2.45) is 5.73 Å². The van der Waals surface area contributed by atoms with Crippen LogP contribution >= 0.6 is 0 Å². The summed E-state index contributed by atoms with van der Waals surface area (Å²) in [4.78, 5) is 29.8. The summed E-state index contributed by atoms with van der Waals surface area (Å²) in [5.74, 6) is 1.34. The van der Waals surface area contributed by atoms with Crippen LogP contribution in [-0.4, -0.2) is 30.5 Å². The molecule has 32 heavy (non-hydrogen) atoms. The van der Waals surface area contributed by atoms with Gasteiger partial charge in [0.1, 0.15) is 11.4 Å². The van der Waals surface area contributed by atoms with Crippen LogP contribution in [0.4, 0.5) is 5.69 Å². The smallest absolute Gasteiger partial charge is 0.267 e. The summed E-state index contributed by atoms with van der Waals surface area (Å²) < 4.78 is 11.8. The van der Waals surface area contributed by atoms with Gasteiger partial charge >= 0.3 is 0 Å². The highest BCUT2D eigenvalue weighted by Crippen LogP contribution is 2.39. The molecule has 0 aliphatic carbocycles. The molecular formula is C25H25N3O4. The topological polar surface area (TPSA) is 94.8 Å². The summed E-state index contributed by atoms with van der Waals surface area (Å²) in [6.07, 6.45) is 1.84. The minimum Gasteiger partial charge on any atom is -0.493 e. The van der Waals surface area contributed by atoms with Gasteiger partial charge in [-0.25, -0.2) is 0 Å². The van der Waals surface area contributed by atoms with E-state index in [1.165, 1.54) is 6.20 Å². The largest absolute Gasteiger partial charge is 0.493 e. The van der Waals surface area contributed by atoms with Crippen LogP contribution in [0.2, 0.25) is 0 Å². The lowest BCUT2D eigenvalue weighted by Gasteiger charge is -2.19. The van der Waals surface area contributed by atoms with Crippen molar-refractivity contribution >= 4 is 17.5 Å². The maximum absolute atomic E-state index is 12.8. The lowest BCUT2D eigenvalue weighted by atomic mass is 9.98. The Hall–Kier alpha value is -3.87. The quantitative estimate of drug-likeness (QED) is 0.634. The van der Waals surface area contributed by atoms with E-state index in [2.05, 4.69) is 4.98 Å². The fraction of sp³-hybridized carbons (Fsp3) is 0.240. The first-order valence-electron chi connectivity index (χ1n) is 10.4. The number of hydrogen-bond donors (Lipinski definition) is 1. The number of pyridine rings is 1. The fourth-order valence-electron chi connectivity index (χ4n) is 4.00. The molecule has 2 N–H and O–H groups in total. The maximum atomic E-state index is 12.8. The first-order valence-corrected chi connectivity index (χ1v) is 10.4. The van der Waals surface area contributed by atoms with E-state index in [0.29, 0.717) is 30.2 Å². The van der Waals surface area contributed by atoms with Crippen molar-refractivity contribution in [3.63, 3.8) is 0 Å². The van der Waals surface area contributed by atoms with Crippen molar-refractivity contribution in [3.05, 3.63) is 77.1 Å². The number of rotatable bonds is 6. The predicted molar refractivity (Wildman–Crippen MR) is 121 cm³/mol. The van der Waals surface area contributed by atoms with Gasteiger partial charge in [0.15, 0.2) is 11.5 Å². The number of anilines is 1. The minimum absolute atomic E-state index is 0.0235. The number of carbonyl (C=O) groups excluding carboxylic acids is 2. The van der Waals surface area contributed by atoms with Crippen molar-refractivity contribution < 1.29 is 19.1 Å². The SMILES string of the molecule is COc1ccc([C@H]2CC(=O)N(c3ccnc(C(N)=O)c3)C2)cc1Oc1c(C)cccc1C. The third-order valence-corrected chi connectivity index (χ3v) is 5.71. The molecule has 0 saturated carbocycles. The van der Waals surface area contributed by atoms with Gasteiger partial charge in [-0.1, -0.05) is 24.3 Å². The second-order valence-electron chi connectivity index (χ2n) is 7.90. The number of nitrogens with two attached hydrogens (primary N) is 1. The van der Waals surface area contributed by atoms with E-state index in [9.17, 15) is 9.59 Å². The highest BCUT2D eigenvalue weighted by molar-refractivity contribution is 5.98. The van der Waals surface area contributed by atoms with E-state index in [0.717, 1.165) is 22.4 Å². The molecule has 0 spiro atoms. The standard InChI is InChI=1S/C25H25N3O4/c1-15-5-4-6-16(2)24(15)32-22-11-17(7-8-21(22)31-3)18-12-23(29)28(14-18)19-9-10-27-20(13-19)25(26)30/h4-11,13,18H,12,14H2,1-3H3,(H2,26,30)/t18-/m0/s1. The number of aromatic nitrogens is 1. The predicted octanol–water partition coefficient (Wildman–Crippen LogP) is 4.12. The number of methoxy groups -OCH3 is 1. The van der Waals surface area contributed by atoms with Crippen molar-refractivity contribution in [2.45, 2.75) is 26.2 Å². The summed E-state index contributed by atoms with van der Waals surface area (Å²) in [5.41, 5.74) is 9.12. The van der Waals surface area contributed by atoms with Gasteiger partial charge in [0.05, 0.1) is 7.11 Å². The van der Waals surface area contributed by atoms with Gasteiger partial charge in [-0.15, -0.1) is 0 Å². The molecule has 1 aliphatic heterocycles. The molecule has 3 aromatic rings. The van der Waals surface area contributed by atoms with Gasteiger partial charge in [-0.05, 0) is 54.8 Å². The zero-order valence-electron chi connectivity index (χ0n) is 18.3. The second kappa shape index (κ2) is 8.70. The van der Waals surface area contributed by atoms with E-state index < -0.39 is 5.91 Å². The summed E-state index contributed by atoms with van der Waals surface area (Å²) in [6.45, 7) is 4.48. The Balaban J connectivity index is 1.62. The first-order chi connectivity index (χ1) is 15.4. The zero-order chi connectivity index (χ0) is 22.8. The number of amides is 2. The third kappa shape index (κ3) is 4.14. The molecule has 7 nitrogen and oxygen atoms in total. The average Bonchev–Trinajstić information content (AvgIpc) is 3.18. The number of primary amides is 1. The number of carbonyl (C=O) groups is 2. The molecule has 0 unspecified atom stereocenters. The molecule has 2 heterocycles. The fourth-order valence-corrected chi connectivity index (χ4v) is 4.00. The number of para-hydroxylation sites is 1. The Morgan fingerprint density at radius 1 is 1.09 bits per heavy atom.